The van der Waals surface area contributed by atoms with Crippen molar-refractivity contribution < 1.29 is 14.6 Å². The molecule has 0 saturated carbocycles. The molecule has 1 amide bonds. The van der Waals surface area contributed by atoms with E-state index < -0.39 is 12.0 Å². The van der Waals surface area contributed by atoms with Gasteiger partial charge in [0.1, 0.15) is 12.4 Å². The Hall–Kier alpha value is -3.10. The van der Waals surface area contributed by atoms with E-state index in [1.807, 2.05) is 6.07 Å². The minimum Gasteiger partial charge on any atom is -0.480 e. The smallest absolute Gasteiger partial charge is 0.273 e. The molecule has 0 aliphatic rings. The van der Waals surface area contributed by atoms with Crippen LogP contribution in [-0.2, 0) is 4.79 Å². The van der Waals surface area contributed by atoms with Gasteiger partial charge in [-0.3, -0.25) is 4.79 Å². The zero-order valence-corrected chi connectivity index (χ0v) is 12.3. The van der Waals surface area contributed by atoms with Crippen LogP contribution >= 0.6 is 0 Å². The first-order chi connectivity index (χ1) is 11.2. The molecule has 0 spiro atoms. The second-order valence-electron chi connectivity index (χ2n) is 4.58. The quantitative estimate of drug-likeness (QED) is 0.486. The number of amides is 1. The van der Waals surface area contributed by atoms with E-state index in [2.05, 4.69) is 16.4 Å². The average Bonchev–Trinajstić information content (AvgIpc) is 2.61. The number of nitrogens with one attached hydrogen (secondary N) is 1. The lowest BCUT2D eigenvalue weighted by atomic mass is 10.1. The van der Waals surface area contributed by atoms with Gasteiger partial charge in [0.15, 0.2) is 6.10 Å². The Morgan fingerprint density at radius 2 is 1.96 bits per heavy atom. The molecule has 0 aliphatic heterocycles. The molecule has 2 rings (SSSR count). The van der Waals surface area contributed by atoms with Gasteiger partial charge in [0, 0.05) is 5.56 Å². The third-order valence-electron chi connectivity index (χ3n) is 2.97. The van der Waals surface area contributed by atoms with Crippen LogP contribution in [0.25, 0.3) is 0 Å². The Morgan fingerprint density at radius 1 is 1.26 bits per heavy atom. The van der Waals surface area contributed by atoms with Crippen LogP contribution in [0.5, 0.6) is 5.75 Å². The summed E-state index contributed by atoms with van der Waals surface area (Å²) < 4.78 is 5.37. The van der Waals surface area contributed by atoms with E-state index in [0.29, 0.717) is 16.9 Å². The van der Waals surface area contributed by atoms with E-state index in [0.717, 1.165) is 0 Å². The van der Waals surface area contributed by atoms with Gasteiger partial charge in [0.05, 0.1) is 6.21 Å². The zero-order chi connectivity index (χ0) is 16.5. The highest BCUT2D eigenvalue weighted by atomic mass is 16.5. The number of benzene rings is 2. The number of carbonyl (C=O) groups is 1. The van der Waals surface area contributed by atoms with Crippen LogP contribution in [0, 0.1) is 12.3 Å². The summed E-state index contributed by atoms with van der Waals surface area (Å²) in [4.78, 5) is 11.9. The van der Waals surface area contributed by atoms with Crippen molar-refractivity contribution in [3.8, 4) is 18.1 Å². The Labute approximate surface area is 134 Å². The number of carbonyl (C=O) groups excluding carboxylic acids is 1. The fourth-order valence-corrected chi connectivity index (χ4v) is 1.85. The van der Waals surface area contributed by atoms with Crippen LogP contribution in [0.3, 0.4) is 0 Å². The normalized spacial score (nSPS) is 11.7. The van der Waals surface area contributed by atoms with E-state index >= 15 is 0 Å². The molecule has 2 N–H and O–H groups in total. The second-order valence-corrected chi connectivity index (χ2v) is 4.58. The van der Waals surface area contributed by atoms with E-state index in [-0.39, 0.29) is 6.61 Å². The highest BCUT2D eigenvalue weighted by Gasteiger charge is 2.15. The Morgan fingerprint density at radius 3 is 2.70 bits per heavy atom. The number of ether oxygens (including phenoxy) is 1. The summed E-state index contributed by atoms with van der Waals surface area (Å²) >= 11 is 0. The monoisotopic (exact) mass is 308 g/mol. The van der Waals surface area contributed by atoms with Crippen molar-refractivity contribution >= 4 is 12.1 Å². The van der Waals surface area contributed by atoms with Crippen LogP contribution < -0.4 is 10.2 Å². The molecule has 0 radical (unpaired) electrons. The highest BCUT2D eigenvalue weighted by molar-refractivity contribution is 5.86. The minimum atomic E-state index is -1.28. The molecular weight excluding hydrogens is 292 g/mol. The van der Waals surface area contributed by atoms with Crippen molar-refractivity contribution in [2.75, 3.05) is 6.61 Å². The number of terminal acetylenes is 1. The first-order valence-electron chi connectivity index (χ1n) is 6.93. The number of hydrogen-bond acceptors (Lipinski definition) is 4. The van der Waals surface area contributed by atoms with Gasteiger partial charge in [-0.1, -0.05) is 48.4 Å². The van der Waals surface area contributed by atoms with Crippen molar-refractivity contribution in [1.82, 2.24) is 5.43 Å². The Balaban J connectivity index is 1.99. The third kappa shape index (κ3) is 4.70. The van der Waals surface area contributed by atoms with Gasteiger partial charge in [-0.25, -0.2) is 5.43 Å². The molecule has 0 heterocycles. The van der Waals surface area contributed by atoms with Gasteiger partial charge in [-0.05, 0) is 17.7 Å². The lowest BCUT2D eigenvalue weighted by molar-refractivity contribution is -0.129. The summed E-state index contributed by atoms with van der Waals surface area (Å²) in [5.74, 6) is 2.33. The average molecular weight is 308 g/mol. The van der Waals surface area contributed by atoms with Gasteiger partial charge in [-0.15, -0.1) is 6.42 Å². The molecule has 2 aromatic carbocycles. The number of nitrogens with zero attached hydrogens (tertiary/aromatic N) is 1. The van der Waals surface area contributed by atoms with Crippen LogP contribution in [-0.4, -0.2) is 23.8 Å². The van der Waals surface area contributed by atoms with E-state index in [4.69, 9.17) is 11.2 Å². The summed E-state index contributed by atoms with van der Waals surface area (Å²) in [6, 6.07) is 15.8. The van der Waals surface area contributed by atoms with Crippen LogP contribution in [0.2, 0.25) is 0 Å². The van der Waals surface area contributed by atoms with E-state index in [1.165, 1.54) is 6.21 Å². The highest BCUT2D eigenvalue weighted by Crippen LogP contribution is 2.15. The molecule has 1 unspecified atom stereocenters. The third-order valence-corrected chi connectivity index (χ3v) is 2.97. The molecule has 5 nitrogen and oxygen atoms in total. The lowest BCUT2D eigenvalue weighted by Crippen LogP contribution is -2.25. The van der Waals surface area contributed by atoms with E-state index in [1.54, 1.807) is 48.5 Å². The number of aliphatic hydroxyl groups excluding tert-OH is 1. The standard InChI is InChI=1S/C18H16N2O3/c1-2-12-23-16-11-7-6-10-15(16)13-19-20-18(22)17(21)14-8-4-3-5-9-14/h1,3-11,13,17,21H,12H2,(H,20,22)/b19-13+. The topological polar surface area (TPSA) is 70.9 Å². The van der Waals surface area contributed by atoms with Gasteiger partial charge in [0.25, 0.3) is 5.91 Å². The van der Waals surface area contributed by atoms with E-state index in [9.17, 15) is 9.90 Å². The number of hydrazone groups is 1. The number of para-hydroxylation sites is 1. The molecule has 2 aromatic rings. The lowest BCUT2D eigenvalue weighted by Gasteiger charge is -2.09. The zero-order valence-electron chi connectivity index (χ0n) is 12.3. The van der Waals surface area contributed by atoms with Crippen LogP contribution in [0.4, 0.5) is 0 Å². The molecular formula is C18H16N2O3. The van der Waals surface area contributed by atoms with Crippen LogP contribution in [0.1, 0.15) is 17.2 Å². The predicted octanol–water partition coefficient (Wildman–Crippen LogP) is 1.88. The maximum absolute atomic E-state index is 11.9. The molecule has 116 valence electrons. The van der Waals surface area contributed by atoms with Gasteiger partial charge >= 0.3 is 0 Å². The maximum Gasteiger partial charge on any atom is 0.273 e. The second kappa shape index (κ2) is 8.37. The summed E-state index contributed by atoms with van der Waals surface area (Å²) in [5, 5.41) is 13.8. The molecule has 0 bridgehead atoms. The molecule has 0 fully saturated rings. The number of aliphatic hydroxyl groups is 1. The summed E-state index contributed by atoms with van der Waals surface area (Å²) in [6.07, 6.45) is 5.32. The molecule has 0 aliphatic carbocycles. The summed E-state index contributed by atoms with van der Waals surface area (Å²) in [5.41, 5.74) is 3.46. The van der Waals surface area contributed by atoms with Crippen molar-refractivity contribution in [3.05, 3.63) is 65.7 Å². The molecule has 0 aromatic heterocycles. The largest absolute Gasteiger partial charge is 0.480 e. The van der Waals surface area contributed by atoms with Crippen molar-refractivity contribution in [2.45, 2.75) is 6.10 Å². The minimum absolute atomic E-state index is 0.143. The Kier molecular flexibility index (Phi) is 5.92. The maximum atomic E-state index is 11.9. The van der Waals surface area contributed by atoms with Gasteiger partial charge in [0.2, 0.25) is 0 Å². The fourth-order valence-electron chi connectivity index (χ4n) is 1.85. The molecule has 0 saturated heterocycles. The first kappa shape index (κ1) is 16.3. The summed E-state index contributed by atoms with van der Waals surface area (Å²) in [7, 11) is 0. The van der Waals surface area contributed by atoms with Crippen molar-refractivity contribution in [3.63, 3.8) is 0 Å². The van der Waals surface area contributed by atoms with Crippen molar-refractivity contribution in [1.29, 1.82) is 0 Å². The van der Waals surface area contributed by atoms with Crippen molar-refractivity contribution in [2.24, 2.45) is 5.10 Å². The fraction of sp³-hybridized carbons (Fsp3) is 0.111. The number of hydrogen-bond donors (Lipinski definition) is 2. The summed E-state index contributed by atoms with van der Waals surface area (Å²) in [6.45, 7) is 0.143. The molecule has 1 atom stereocenters. The molecule has 5 heteroatoms. The van der Waals surface area contributed by atoms with Gasteiger partial charge < -0.3 is 9.84 Å². The Bertz CT molecular complexity index is 721. The molecule has 23 heavy (non-hydrogen) atoms. The first-order valence-corrected chi connectivity index (χ1v) is 6.93. The van der Waals surface area contributed by atoms with Gasteiger partial charge in [-0.2, -0.15) is 5.10 Å². The number of rotatable bonds is 6. The van der Waals surface area contributed by atoms with Crippen LogP contribution in [0.15, 0.2) is 59.7 Å². The SMILES string of the molecule is C#CCOc1ccccc1/C=N/NC(=O)C(O)c1ccccc1. The predicted molar refractivity (Wildman–Crippen MR) is 87.9 cm³/mol.